The van der Waals surface area contributed by atoms with Gasteiger partial charge in [0.15, 0.2) is 5.76 Å². The smallest absolute Gasteiger partial charge is 0.294 e. The van der Waals surface area contributed by atoms with Gasteiger partial charge in [-0.15, -0.1) is 0 Å². The lowest BCUT2D eigenvalue weighted by Crippen LogP contribution is -2.46. The van der Waals surface area contributed by atoms with E-state index in [-0.39, 0.29) is 23.4 Å². The Balaban J connectivity index is 1.56. The third kappa shape index (κ3) is 5.54. The number of aryl methyl sites for hydroxylation is 1. The Kier molecular flexibility index (Phi) is 7.55. The monoisotopic (exact) mass is 505 g/mol. The molecule has 1 N–H and O–H groups in total. The Morgan fingerprint density at radius 2 is 1.78 bits per heavy atom. The maximum absolute atomic E-state index is 14.7. The van der Waals surface area contributed by atoms with Gasteiger partial charge in [-0.25, -0.2) is 4.39 Å². The minimum atomic E-state index is -1.01. The number of morpholine rings is 1. The number of rotatable bonds is 7. The van der Waals surface area contributed by atoms with Crippen molar-refractivity contribution in [2.24, 2.45) is 0 Å². The SMILES string of the molecule is Cc1ccc(N(C(=O)c2ccco2)[C@H](C(=O)NC2CCCC2)c2ccc(N3CCOCC3)cc2)cc1F. The lowest BCUT2D eigenvalue weighted by Gasteiger charge is -2.33. The van der Waals surface area contributed by atoms with Crippen molar-refractivity contribution in [3.05, 3.63) is 83.6 Å². The molecule has 1 aromatic heterocycles. The average Bonchev–Trinajstić information content (AvgIpc) is 3.64. The zero-order chi connectivity index (χ0) is 25.8. The summed E-state index contributed by atoms with van der Waals surface area (Å²) in [7, 11) is 0. The fourth-order valence-corrected chi connectivity index (χ4v) is 5.09. The van der Waals surface area contributed by atoms with Gasteiger partial charge in [0.05, 0.1) is 19.5 Å². The van der Waals surface area contributed by atoms with Gasteiger partial charge >= 0.3 is 0 Å². The first kappa shape index (κ1) is 25.0. The quantitative estimate of drug-likeness (QED) is 0.489. The van der Waals surface area contributed by atoms with E-state index >= 15 is 0 Å². The summed E-state index contributed by atoms with van der Waals surface area (Å²) in [5.74, 6) is -1.19. The fraction of sp³-hybridized carbons (Fsp3) is 0.379. The number of hydrogen-bond acceptors (Lipinski definition) is 5. The van der Waals surface area contributed by atoms with Crippen molar-refractivity contribution in [1.29, 1.82) is 0 Å². The molecule has 2 fully saturated rings. The number of nitrogens with zero attached hydrogens (tertiary/aromatic N) is 2. The second-order valence-electron chi connectivity index (χ2n) is 9.67. The van der Waals surface area contributed by atoms with Gasteiger partial charge in [-0.1, -0.05) is 31.0 Å². The number of furan rings is 1. The maximum atomic E-state index is 14.7. The molecule has 2 aromatic carbocycles. The minimum absolute atomic E-state index is 0.0536. The van der Waals surface area contributed by atoms with Gasteiger partial charge in [0, 0.05) is 30.5 Å². The molecule has 1 saturated heterocycles. The molecule has 2 heterocycles. The van der Waals surface area contributed by atoms with Crippen LogP contribution in [0.25, 0.3) is 0 Å². The van der Waals surface area contributed by atoms with Crippen molar-refractivity contribution in [2.45, 2.75) is 44.7 Å². The van der Waals surface area contributed by atoms with E-state index in [2.05, 4.69) is 10.2 Å². The van der Waals surface area contributed by atoms with Crippen molar-refractivity contribution in [2.75, 3.05) is 36.1 Å². The largest absolute Gasteiger partial charge is 0.459 e. The van der Waals surface area contributed by atoms with Crippen molar-refractivity contribution in [1.82, 2.24) is 5.32 Å². The van der Waals surface area contributed by atoms with Crippen LogP contribution in [0, 0.1) is 12.7 Å². The van der Waals surface area contributed by atoms with Crippen LogP contribution >= 0.6 is 0 Å². The number of benzene rings is 2. The molecular weight excluding hydrogens is 473 g/mol. The van der Waals surface area contributed by atoms with Crippen LogP contribution < -0.4 is 15.1 Å². The second kappa shape index (κ2) is 11.2. The van der Waals surface area contributed by atoms with Gasteiger partial charge in [-0.05, 0) is 67.3 Å². The molecule has 1 aliphatic carbocycles. The highest BCUT2D eigenvalue weighted by molar-refractivity contribution is 6.08. The summed E-state index contributed by atoms with van der Waals surface area (Å²) in [4.78, 5) is 31.2. The Bertz CT molecular complexity index is 1220. The van der Waals surface area contributed by atoms with E-state index in [1.165, 1.54) is 17.2 Å². The number of amides is 2. The van der Waals surface area contributed by atoms with Crippen molar-refractivity contribution in [3.8, 4) is 0 Å². The summed E-state index contributed by atoms with van der Waals surface area (Å²) in [6, 6.07) is 14.4. The first-order valence-electron chi connectivity index (χ1n) is 12.9. The van der Waals surface area contributed by atoms with Gasteiger partial charge < -0.3 is 19.4 Å². The number of nitrogens with one attached hydrogen (secondary N) is 1. The third-order valence-electron chi connectivity index (χ3n) is 7.18. The van der Waals surface area contributed by atoms with E-state index in [0.717, 1.165) is 44.5 Å². The summed E-state index contributed by atoms with van der Waals surface area (Å²) in [5, 5.41) is 3.15. The van der Waals surface area contributed by atoms with Crippen LogP contribution in [0.1, 0.15) is 53.4 Å². The molecule has 0 unspecified atom stereocenters. The molecule has 2 amide bonds. The standard InChI is InChI=1S/C29H32FN3O4/c1-20-8-11-24(19-25(20)30)33(29(35)26-7-4-16-37-26)27(28(34)31-22-5-2-3-6-22)21-9-12-23(13-10-21)32-14-17-36-18-15-32/h4,7-13,16,19,22,27H,2-3,5-6,14-15,17-18H2,1H3,(H,31,34)/t27-/m0/s1. The Labute approximate surface area is 216 Å². The van der Waals surface area contributed by atoms with E-state index in [4.69, 9.17) is 9.15 Å². The number of halogens is 1. The van der Waals surface area contributed by atoms with Crippen molar-refractivity contribution in [3.63, 3.8) is 0 Å². The van der Waals surface area contributed by atoms with E-state index in [1.54, 1.807) is 31.2 Å². The molecule has 0 radical (unpaired) electrons. The summed E-state index contributed by atoms with van der Waals surface area (Å²) >= 11 is 0. The summed E-state index contributed by atoms with van der Waals surface area (Å²) in [6.07, 6.45) is 5.33. The van der Waals surface area contributed by atoms with Crippen LogP contribution in [0.4, 0.5) is 15.8 Å². The van der Waals surface area contributed by atoms with E-state index < -0.39 is 17.8 Å². The zero-order valence-electron chi connectivity index (χ0n) is 21.0. The minimum Gasteiger partial charge on any atom is -0.459 e. The number of ether oxygens (including phenoxy) is 1. The number of anilines is 2. The molecular formula is C29H32FN3O4. The summed E-state index contributed by atoms with van der Waals surface area (Å²) in [6.45, 7) is 4.57. The summed E-state index contributed by atoms with van der Waals surface area (Å²) < 4.78 is 25.6. The van der Waals surface area contributed by atoms with Crippen LogP contribution in [-0.2, 0) is 9.53 Å². The normalized spacial score (nSPS) is 17.0. The Morgan fingerprint density at radius 3 is 2.43 bits per heavy atom. The first-order valence-corrected chi connectivity index (χ1v) is 12.9. The lowest BCUT2D eigenvalue weighted by atomic mass is 10.0. The molecule has 0 bridgehead atoms. The maximum Gasteiger partial charge on any atom is 0.294 e. The lowest BCUT2D eigenvalue weighted by molar-refractivity contribution is -0.123. The average molecular weight is 506 g/mol. The molecule has 1 atom stereocenters. The predicted octanol–water partition coefficient (Wildman–Crippen LogP) is 5.01. The Morgan fingerprint density at radius 1 is 1.05 bits per heavy atom. The molecule has 37 heavy (non-hydrogen) atoms. The molecule has 194 valence electrons. The molecule has 7 nitrogen and oxygen atoms in total. The van der Waals surface area contributed by atoms with Crippen molar-refractivity contribution >= 4 is 23.2 Å². The highest BCUT2D eigenvalue weighted by atomic mass is 19.1. The van der Waals surface area contributed by atoms with Gasteiger partial charge in [-0.2, -0.15) is 0 Å². The number of carbonyl (C=O) groups excluding carboxylic acids is 2. The highest BCUT2D eigenvalue weighted by Gasteiger charge is 2.36. The van der Waals surface area contributed by atoms with Crippen LogP contribution in [0.5, 0.6) is 0 Å². The van der Waals surface area contributed by atoms with Crippen LogP contribution in [0.2, 0.25) is 0 Å². The predicted molar refractivity (Wildman–Crippen MR) is 139 cm³/mol. The fourth-order valence-electron chi connectivity index (χ4n) is 5.09. The Hall–Kier alpha value is -3.65. The van der Waals surface area contributed by atoms with Crippen molar-refractivity contribution < 1.29 is 23.1 Å². The zero-order valence-corrected chi connectivity index (χ0v) is 21.0. The topological polar surface area (TPSA) is 75.0 Å². The molecule has 1 aliphatic heterocycles. The molecule has 2 aliphatic rings. The third-order valence-corrected chi connectivity index (χ3v) is 7.18. The van der Waals surface area contributed by atoms with Crippen LogP contribution in [-0.4, -0.2) is 44.2 Å². The van der Waals surface area contributed by atoms with Gasteiger partial charge in [0.2, 0.25) is 5.91 Å². The molecule has 1 saturated carbocycles. The van der Waals surface area contributed by atoms with Crippen LogP contribution in [0.3, 0.4) is 0 Å². The van der Waals surface area contributed by atoms with Gasteiger partial charge in [-0.3, -0.25) is 14.5 Å². The first-order chi connectivity index (χ1) is 18.0. The highest BCUT2D eigenvalue weighted by Crippen LogP contribution is 2.33. The van der Waals surface area contributed by atoms with Crippen LogP contribution in [0.15, 0.2) is 65.3 Å². The van der Waals surface area contributed by atoms with E-state index in [0.29, 0.717) is 24.3 Å². The summed E-state index contributed by atoms with van der Waals surface area (Å²) in [5.41, 5.74) is 2.39. The molecule has 3 aromatic rings. The number of carbonyl (C=O) groups is 2. The molecule has 8 heteroatoms. The van der Waals surface area contributed by atoms with E-state index in [9.17, 15) is 14.0 Å². The van der Waals surface area contributed by atoms with Gasteiger partial charge in [0.1, 0.15) is 11.9 Å². The molecule has 0 spiro atoms. The second-order valence-corrected chi connectivity index (χ2v) is 9.67. The van der Waals surface area contributed by atoms with Gasteiger partial charge in [0.25, 0.3) is 5.91 Å². The molecule has 5 rings (SSSR count). The van der Waals surface area contributed by atoms with E-state index in [1.807, 2.05) is 24.3 Å². The number of hydrogen-bond donors (Lipinski definition) is 1.